The Balaban J connectivity index is 1.85. The third-order valence-electron chi connectivity index (χ3n) is 3.89. The van der Waals surface area contributed by atoms with Crippen LogP contribution in [0.5, 0.6) is 0 Å². The van der Waals surface area contributed by atoms with E-state index in [0.29, 0.717) is 12.5 Å². The van der Waals surface area contributed by atoms with E-state index in [1.165, 1.54) is 12.8 Å². The zero-order chi connectivity index (χ0) is 13.2. The summed E-state index contributed by atoms with van der Waals surface area (Å²) in [5.74, 6) is -1.81. The summed E-state index contributed by atoms with van der Waals surface area (Å²) in [6, 6.07) is 0.0394. The highest BCUT2D eigenvalue weighted by Gasteiger charge is 2.42. The maximum atomic E-state index is 12.2. The first-order valence-corrected chi connectivity index (χ1v) is 6.60. The van der Waals surface area contributed by atoms with Crippen LogP contribution in [-0.4, -0.2) is 30.2 Å². The molecule has 2 fully saturated rings. The first kappa shape index (κ1) is 13.6. The van der Waals surface area contributed by atoms with Crippen molar-refractivity contribution in [2.24, 2.45) is 0 Å². The average molecular weight is 264 g/mol. The standard InChI is InChI=1S/C12H19F3N2O/c13-12(14,15)11(18)17-10-7-3-6-9(10)16-8-4-1-2-5-8/h8-10,16H,1-7H2,(H,17,18)/t9-,10-/m1/s1. The Kier molecular flexibility index (Phi) is 4.14. The summed E-state index contributed by atoms with van der Waals surface area (Å²) >= 11 is 0. The Morgan fingerprint density at radius 1 is 0.944 bits per heavy atom. The molecule has 1 amide bonds. The fourth-order valence-electron chi connectivity index (χ4n) is 2.98. The maximum absolute atomic E-state index is 12.2. The molecule has 0 heterocycles. The lowest BCUT2D eigenvalue weighted by Gasteiger charge is -2.25. The van der Waals surface area contributed by atoms with E-state index < -0.39 is 12.1 Å². The molecule has 0 radical (unpaired) electrons. The number of carbonyl (C=O) groups excluding carboxylic acids is 1. The molecule has 0 bridgehead atoms. The minimum Gasteiger partial charge on any atom is -0.344 e. The highest BCUT2D eigenvalue weighted by atomic mass is 19.4. The second-order valence-electron chi connectivity index (χ2n) is 5.26. The molecule has 0 unspecified atom stereocenters. The monoisotopic (exact) mass is 264 g/mol. The number of hydrogen-bond donors (Lipinski definition) is 2. The van der Waals surface area contributed by atoms with Crippen molar-refractivity contribution in [2.75, 3.05) is 0 Å². The molecular formula is C12H19F3N2O. The Morgan fingerprint density at radius 3 is 2.17 bits per heavy atom. The summed E-state index contributed by atoms with van der Waals surface area (Å²) in [7, 11) is 0. The van der Waals surface area contributed by atoms with E-state index in [-0.39, 0.29) is 12.1 Å². The van der Waals surface area contributed by atoms with Crippen LogP contribution in [0, 0.1) is 0 Å². The van der Waals surface area contributed by atoms with Crippen molar-refractivity contribution in [1.82, 2.24) is 10.6 Å². The van der Waals surface area contributed by atoms with Crippen LogP contribution in [0.4, 0.5) is 13.2 Å². The van der Waals surface area contributed by atoms with Gasteiger partial charge in [0, 0.05) is 18.1 Å². The first-order chi connectivity index (χ1) is 8.47. The second-order valence-corrected chi connectivity index (χ2v) is 5.26. The Bertz CT molecular complexity index is 300. The summed E-state index contributed by atoms with van der Waals surface area (Å²) in [5, 5.41) is 5.52. The summed E-state index contributed by atoms with van der Waals surface area (Å²) in [6.07, 6.45) is 2.13. The van der Waals surface area contributed by atoms with Gasteiger partial charge >= 0.3 is 12.1 Å². The molecule has 18 heavy (non-hydrogen) atoms. The molecule has 0 aliphatic heterocycles. The molecular weight excluding hydrogens is 245 g/mol. The van der Waals surface area contributed by atoms with Crippen molar-refractivity contribution in [3.63, 3.8) is 0 Å². The number of rotatable bonds is 3. The highest BCUT2D eigenvalue weighted by Crippen LogP contribution is 2.25. The number of halogens is 3. The van der Waals surface area contributed by atoms with Gasteiger partial charge < -0.3 is 10.6 Å². The molecule has 6 heteroatoms. The molecule has 2 N–H and O–H groups in total. The Labute approximate surface area is 104 Å². The van der Waals surface area contributed by atoms with Crippen LogP contribution in [0.3, 0.4) is 0 Å². The van der Waals surface area contributed by atoms with Crippen LogP contribution in [0.25, 0.3) is 0 Å². The number of hydrogen-bond acceptors (Lipinski definition) is 2. The maximum Gasteiger partial charge on any atom is 0.471 e. The lowest BCUT2D eigenvalue weighted by Crippen LogP contribution is -2.52. The summed E-state index contributed by atoms with van der Waals surface area (Å²) in [6.45, 7) is 0. The molecule has 0 aromatic heterocycles. The van der Waals surface area contributed by atoms with E-state index in [9.17, 15) is 18.0 Å². The van der Waals surface area contributed by atoms with E-state index in [1.807, 2.05) is 0 Å². The molecule has 104 valence electrons. The molecule has 0 aromatic rings. The van der Waals surface area contributed by atoms with Crippen LogP contribution in [-0.2, 0) is 4.79 Å². The quantitative estimate of drug-likeness (QED) is 0.819. The normalized spacial score (nSPS) is 29.7. The van der Waals surface area contributed by atoms with Crippen LogP contribution in [0.1, 0.15) is 44.9 Å². The topological polar surface area (TPSA) is 41.1 Å². The number of carbonyl (C=O) groups is 1. The van der Waals surface area contributed by atoms with E-state index in [2.05, 4.69) is 10.6 Å². The predicted octanol–water partition coefficient (Wildman–Crippen LogP) is 2.12. The zero-order valence-corrected chi connectivity index (χ0v) is 10.2. The second kappa shape index (κ2) is 5.47. The smallest absolute Gasteiger partial charge is 0.344 e. The molecule has 2 aliphatic carbocycles. The van der Waals surface area contributed by atoms with Gasteiger partial charge in [-0.2, -0.15) is 13.2 Å². The van der Waals surface area contributed by atoms with Gasteiger partial charge in [-0.1, -0.05) is 12.8 Å². The van der Waals surface area contributed by atoms with E-state index in [1.54, 1.807) is 0 Å². The van der Waals surface area contributed by atoms with Gasteiger partial charge in [0.05, 0.1) is 0 Å². The fourth-order valence-corrected chi connectivity index (χ4v) is 2.98. The molecule has 2 saturated carbocycles. The molecule has 3 nitrogen and oxygen atoms in total. The van der Waals surface area contributed by atoms with E-state index >= 15 is 0 Å². The molecule has 2 aliphatic rings. The molecule has 0 aromatic carbocycles. The molecule has 0 saturated heterocycles. The van der Waals surface area contributed by atoms with Gasteiger partial charge in [0.2, 0.25) is 0 Å². The zero-order valence-electron chi connectivity index (χ0n) is 10.2. The number of nitrogens with one attached hydrogen (secondary N) is 2. The minimum absolute atomic E-state index is 0.000556. The largest absolute Gasteiger partial charge is 0.471 e. The van der Waals surface area contributed by atoms with Crippen molar-refractivity contribution in [2.45, 2.75) is 69.2 Å². The van der Waals surface area contributed by atoms with Gasteiger partial charge in [-0.25, -0.2) is 0 Å². The van der Waals surface area contributed by atoms with Crippen molar-refractivity contribution in [1.29, 1.82) is 0 Å². The summed E-state index contributed by atoms with van der Waals surface area (Å²) < 4.78 is 36.6. The Morgan fingerprint density at radius 2 is 1.56 bits per heavy atom. The van der Waals surface area contributed by atoms with Crippen molar-refractivity contribution < 1.29 is 18.0 Å². The highest BCUT2D eigenvalue weighted by molar-refractivity contribution is 5.82. The van der Waals surface area contributed by atoms with Gasteiger partial charge in [-0.15, -0.1) is 0 Å². The fraction of sp³-hybridized carbons (Fsp3) is 0.917. The van der Waals surface area contributed by atoms with Crippen molar-refractivity contribution >= 4 is 5.91 Å². The summed E-state index contributed by atoms with van der Waals surface area (Å²) in [5.41, 5.74) is 0. The van der Waals surface area contributed by atoms with Crippen LogP contribution in [0.2, 0.25) is 0 Å². The van der Waals surface area contributed by atoms with Gasteiger partial charge in [-0.05, 0) is 32.1 Å². The Hall–Kier alpha value is -0.780. The third-order valence-corrected chi connectivity index (χ3v) is 3.89. The van der Waals surface area contributed by atoms with E-state index in [0.717, 1.165) is 25.7 Å². The molecule has 0 spiro atoms. The SMILES string of the molecule is O=C(N[C@@H]1CCC[C@H]1NC1CCCC1)C(F)(F)F. The molecule has 2 rings (SSSR count). The molecule has 2 atom stereocenters. The summed E-state index contributed by atoms with van der Waals surface area (Å²) in [4.78, 5) is 10.9. The van der Waals surface area contributed by atoms with Crippen LogP contribution >= 0.6 is 0 Å². The van der Waals surface area contributed by atoms with Crippen molar-refractivity contribution in [3.05, 3.63) is 0 Å². The van der Waals surface area contributed by atoms with Crippen LogP contribution < -0.4 is 10.6 Å². The van der Waals surface area contributed by atoms with Gasteiger partial charge in [-0.3, -0.25) is 4.79 Å². The number of alkyl halides is 3. The van der Waals surface area contributed by atoms with Crippen LogP contribution in [0.15, 0.2) is 0 Å². The average Bonchev–Trinajstić information content (AvgIpc) is 2.90. The lowest BCUT2D eigenvalue weighted by molar-refractivity contribution is -0.174. The van der Waals surface area contributed by atoms with Gasteiger partial charge in [0.15, 0.2) is 0 Å². The van der Waals surface area contributed by atoms with Gasteiger partial charge in [0.25, 0.3) is 0 Å². The predicted molar refractivity (Wildman–Crippen MR) is 61.0 cm³/mol. The van der Waals surface area contributed by atoms with E-state index in [4.69, 9.17) is 0 Å². The first-order valence-electron chi connectivity index (χ1n) is 6.60. The lowest BCUT2D eigenvalue weighted by atomic mass is 10.1. The van der Waals surface area contributed by atoms with Gasteiger partial charge in [0.1, 0.15) is 0 Å². The third kappa shape index (κ3) is 3.37. The number of amides is 1. The minimum atomic E-state index is -4.78. The van der Waals surface area contributed by atoms with Crippen molar-refractivity contribution in [3.8, 4) is 0 Å².